The van der Waals surface area contributed by atoms with Crippen LogP contribution in [-0.2, 0) is 4.79 Å². The summed E-state index contributed by atoms with van der Waals surface area (Å²) in [7, 11) is 0. The quantitative estimate of drug-likeness (QED) is 0.923. The van der Waals surface area contributed by atoms with Crippen LogP contribution in [0.1, 0.15) is 12.5 Å². The molecule has 0 aliphatic rings. The number of halogens is 1. The molecule has 1 amide bonds. The van der Waals surface area contributed by atoms with Gasteiger partial charge in [0.15, 0.2) is 6.10 Å². The Labute approximate surface area is 130 Å². The summed E-state index contributed by atoms with van der Waals surface area (Å²) in [4.78, 5) is 16.0. The average molecular weight is 346 g/mol. The van der Waals surface area contributed by atoms with Crippen LogP contribution >= 0.6 is 15.9 Å². The molecule has 106 valence electrons. The van der Waals surface area contributed by atoms with Crippen LogP contribution < -0.4 is 10.1 Å². The van der Waals surface area contributed by atoms with Gasteiger partial charge in [0.05, 0.1) is 17.8 Å². The van der Waals surface area contributed by atoms with E-state index in [1.165, 1.54) is 6.20 Å². The highest BCUT2D eigenvalue weighted by molar-refractivity contribution is 9.10. The third-order valence-corrected chi connectivity index (χ3v) is 3.05. The monoisotopic (exact) mass is 345 g/mol. The van der Waals surface area contributed by atoms with Gasteiger partial charge in [-0.2, -0.15) is 5.26 Å². The smallest absolute Gasteiger partial charge is 0.265 e. The number of nitrogens with zero attached hydrogens (tertiary/aromatic N) is 2. The van der Waals surface area contributed by atoms with Crippen molar-refractivity contribution in [2.75, 3.05) is 5.32 Å². The summed E-state index contributed by atoms with van der Waals surface area (Å²) in [5, 5.41) is 11.5. The van der Waals surface area contributed by atoms with E-state index in [1.807, 2.05) is 6.07 Å². The van der Waals surface area contributed by atoms with Crippen LogP contribution in [0.2, 0.25) is 0 Å². The molecule has 0 saturated carbocycles. The molecule has 0 fully saturated rings. The van der Waals surface area contributed by atoms with Gasteiger partial charge in [-0.3, -0.25) is 9.78 Å². The number of rotatable bonds is 4. The Hall–Kier alpha value is -2.39. The number of pyridine rings is 1. The molecule has 0 bridgehead atoms. The maximum Gasteiger partial charge on any atom is 0.265 e. The number of benzene rings is 1. The number of hydrogen-bond donors (Lipinski definition) is 1. The van der Waals surface area contributed by atoms with Crippen LogP contribution in [0.3, 0.4) is 0 Å². The summed E-state index contributed by atoms with van der Waals surface area (Å²) in [6.45, 7) is 1.64. The highest BCUT2D eigenvalue weighted by atomic mass is 79.9. The van der Waals surface area contributed by atoms with Crippen LogP contribution in [-0.4, -0.2) is 17.0 Å². The van der Waals surface area contributed by atoms with Crippen LogP contribution in [0.4, 0.5) is 5.69 Å². The van der Waals surface area contributed by atoms with Crippen LogP contribution in [0, 0.1) is 11.3 Å². The standard InChI is InChI=1S/C15H12BrN3O2/c1-10(21-14-6-12(16)8-18-9-14)15(20)19-13-4-2-3-11(5-13)7-17/h2-6,8-10H,1H3,(H,19,20). The van der Waals surface area contributed by atoms with Crippen molar-refractivity contribution < 1.29 is 9.53 Å². The molecular weight excluding hydrogens is 334 g/mol. The van der Waals surface area contributed by atoms with Crippen molar-refractivity contribution in [2.45, 2.75) is 13.0 Å². The van der Waals surface area contributed by atoms with Gasteiger partial charge in [-0.15, -0.1) is 0 Å². The van der Waals surface area contributed by atoms with Crippen LogP contribution in [0.15, 0.2) is 47.2 Å². The van der Waals surface area contributed by atoms with E-state index in [0.717, 1.165) is 4.47 Å². The van der Waals surface area contributed by atoms with E-state index in [1.54, 1.807) is 43.5 Å². The molecule has 1 atom stereocenters. The van der Waals surface area contributed by atoms with Gasteiger partial charge in [-0.25, -0.2) is 0 Å². The predicted molar refractivity (Wildman–Crippen MR) is 81.8 cm³/mol. The predicted octanol–water partition coefficient (Wildman–Crippen LogP) is 3.12. The second-order valence-corrected chi connectivity index (χ2v) is 5.20. The van der Waals surface area contributed by atoms with Crippen molar-refractivity contribution in [2.24, 2.45) is 0 Å². The fraction of sp³-hybridized carbons (Fsp3) is 0.133. The number of ether oxygens (including phenoxy) is 1. The number of aromatic nitrogens is 1. The van der Waals surface area contributed by atoms with Crippen molar-refractivity contribution >= 4 is 27.5 Å². The van der Waals surface area contributed by atoms with E-state index in [2.05, 4.69) is 26.2 Å². The molecule has 1 aromatic carbocycles. The van der Waals surface area contributed by atoms with E-state index in [4.69, 9.17) is 10.00 Å². The Morgan fingerprint density at radius 2 is 2.24 bits per heavy atom. The number of carbonyl (C=O) groups is 1. The molecule has 21 heavy (non-hydrogen) atoms. The second-order valence-electron chi connectivity index (χ2n) is 4.28. The minimum absolute atomic E-state index is 0.301. The zero-order chi connectivity index (χ0) is 15.2. The van der Waals surface area contributed by atoms with E-state index < -0.39 is 6.10 Å². The zero-order valence-electron chi connectivity index (χ0n) is 11.2. The van der Waals surface area contributed by atoms with Gasteiger partial charge >= 0.3 is 0 Å². The first-order valence-electron chi connectivity index (χ1n) is 6.17. The summed E-state index contributed by atoms with van der Waals surface area (Å²) in [5.74, 6) is 0.197. The molecule has 0 aliphatic carbocycles. The number of nitriles is 1. The maximum atomic E-state index is 12.1. The average Bonchev–Trinajstić information content (AvgIpc) is 2.47. The molecule has 1 heterocycles. The Morgan fingerprint density at radius 1 is 1.43 bits per heavy atom. The first-order valence-corrected chi connectivity index (χ1v) is 6.96. The second kappa shape index (κ2) is 6.86. The summed E-state index contributed by atoms with van der Waals surface area (Å²) in [6.07, 6.45) is 2.47. The molecule has 2 aromatic rings. The lowest BCUT2D eigenvalue weighted by Gasteiger charge is -2.14. The molecule has 1 N–H and O–H groups in total. The van der Waals surface area contributed by atoms with Crippen molar-refractivity contribution in [3.8, 4) is 11.8 Å². The largest absolute Gasteiger partial charge is 0.479 e. The van der Waals surface area contributed by atoms with Gasteiger partial charge in [0.2, 0.25) is 0 Å². The minimum atomic E-state index is -0.688. The van der Waals surface area contributed by atoms with Crippen molar-refractivity contribution in [1.82, 2.24) is 4.98 Å². The van der Waals surface area contributed by atoms with Crippen molar-refractivity contribution in [1.29, 1.82) is 5.26 Å². The van der Waals surface area contributed by atoms with E-state index >= 15 is 0 Å². The van der Waals surface area contributed by atoms with Gasteiger partial charge in [0.1, 0.15) is 5.75 Å². The molecular formula is C15H12BrN3O2. The number of anilines is 1. The highest BCUT2D eigenvalue weighted by Gasteiger charge is 2.15. The molecule has 6 heteroatoms. The minimum Gasteiger partial charge on any atom is -0.479 e. The summed E-state index contributed by atoms with van der Waals surface area (Å²) < 4.78 is 6.29. The first-order chi connectivity index (χ1) is 10.1. The van der Waals surface area contributed by atoms with E-state index in [9.17, 15) is 4.79 Å². The lowest BCUT2D eigenvalue weighted by Crippen LogP contribution is -2.30. The normalized spacial score (nSPS) is 11.3. The van der Waals surface area contributed by atoms with Crippen LogP contribution in [0.25, 0.3) is 0 Å². The van der Waals surface area contributed by atoms with Gasteiger partial charge < -0.3 is 10.1 Å². The van der Waals surface area contributed by atoms with Crippen molar-refractivity contribution in [3.63, 3.8) is 0 Å². The third kappa shape index (κ3) is 4.29. The lowest BCUT2D eigenvalue weighted by molar-refractivity contribution is -0.122. The lowest BCUT2D eigenvalue weighted by atomic mass is 10.2. The molecule has 0 radical (unpaired) electrons. The molecule has 0 spiro atoms. The Balaban J connectivity index is 2.01. The maximum absolute atomic E-state index is 12.1. The molecule has 1 aromatic heterocycles. The highest BCUT2D eigenvalue weighted by Crippen LogP contribution is 2.18. The fourth-order valence-electron chi connectivity index (χ4n) is 1.62. The number of nitrogens with one attached hydrogen (secondary N) is 1. The molecule has 5 nitrogen and oxygen atoms in total. The van der Waals surface area contributed by atoms with Crippen molar-refractivity contribution in [3.05, 3.63) is 52.8 Å². The molecule has 0 aliphatic heterocycles. The van der Waals surface area contributed by atoms with Gasteiger partial charge in [-0.1, -0.05) is 6.07 Å². The zero-order valence-corrected chi connectivity index (χ0v) is 12.8. The fourth-order valence-corrected chi connectivity index (χ4v) is 1.97. The van der Waals surface area contributed by atoms with E-state index in [0.29, 0.717) is 17.0 Å². The van der Waals surface area contributed by atoms with E-state index in [-0.39, 0.29) is 5.91 Å². The number of amides is 1. The molecule has 2 rings (SSSR count). The Morgan fingerprint density at radius 3 is 2.95 bits per heavy atom. The molecule has 0 saturated heterocycles. The van der Waals surface area contributed by atoms with Crippen LogP contribution in [0.5, 0.6) is 5.75 Å². The number of hydrogen-bond acceptors (Lipinski definition) is 4. The Bertz CT molecular complexity index is 697. The summed E-state index contributed by atoms with van der Waals surface area (Å²) in [6, 6.07) is 10.4. The summed E-state index contributed by atoms with van der Waals surface area (Å²) in [5.41, 5.74) is 1.04. The first kappa shape index (κ1) is 15.0. The number of carbonyl (C=O) groups excluding carboxylic acids is 1. The topological polar surface area (TPSA) is 75.0 Å². The van der Waals surface area contributed by atoms with Gasteiger partial charge in [-0.05, 0) is 47.1 Å². The molecule has 1 unspecified atom stereocenters. The van der Waals surface area contributed by atoms with Gasteiger partial charge in [0, 0.05) is 16.4 Å². The third-order valence-electron chi connectivity index (χ3n) is 2.62. The Kier molecular flexibility index (Phi) is 4.90. The van der Waals surface area contributed by atoms with Gasteiger partial charge in [0.25, 0.3) is 5.91 Å². The summed E-state index contributed by atoms with van der Waals surface area (Å²) >= 11 is 3.29. The SMILES string of the molecule is CC(Oc1cncc(Br)c1)C(=O)Nc1cccc(C#N)c1.